The van der Waals surface area contributed by atoms with Crippen molar-refractivity contribution in [3.63, 3.8) is 0 Å². The molecule has 0 spiro atoms. The molecule has 3 rings (SSSR count). The fraction of sp³-hybridized carbons (Fsp3) is 0.316. The molecule has 0 bridgehead atoms. The Morgan fingerprint density at radius 1 is 1.18 bits per heavy atom. The first-order chi connectivity index (χ1) is 13.3. The number of hydrogen-bond donors (Lipinski definition) is 1. The van der Waals surface area contributed by atoms with Crippen molar-refractivity contribution in [2.75, 3.05) is 25.5 Å². The summed E-state index contributed by atoms with van der Waals surface area (Å²) in [5, 5.41) is 3.62. The fourth-order valence-electron chi connectivity index (χ4n) is 3.18. The van der Waals surface area contributed by atoms with E-state index in [0.29, 0.717) is 35.1 Å². The van der Waals surface area contributed by atoms with Crippen molar-refractivity contribution in [1.29, 1.82) is 0 Å². The van der Waals surface area contributed by atoms with E-state index in [1.54, 1.807) is 30.3 Å². The average Bonchev–Trinajstić information content (AvgIpc) is 2.68. The molecular weight excluding hydrogens is 423 g/mol. The van der Waals surface area contributed by atoms with Gasteiger partial charge < -0.3 is 10.1 Å². The molecule has 1 aliphatic rings. The Balaban J connectivity index is 1.79. The van der Waals surface area contributed by atoms with E-state index in [9.17, 15) is 13.2 Å². The highest BCUT2D eigenvalue weighted by molar-refractivity contribution is 7.89. The van der Waals surface area contributed by atoms with E-state index in [1.165, 1.54) is 23.5 Å². The number of anilines is 1. The van der Waals surface area contributed by atoms with Crippen LogP contribution < -0.4 is 10.1 Å². The number of ether oxygens (including phenoxy) is 1. The maximum Gasteiger partial charge on any atom is 0.246 e. The first-order valence-electron chi connectivity index (χ1n) is 8.71. The first kappa shape index (κ1) is 20.9. The number of benzene rings is 2. The molecule has 0 aliphatic carbocycles. The van der Waals surface area contributed by atoms with Crippen molar-refractivity contribution in [2.45, 2.75) is 17.7 Å². The standard InChI is InChI=1S/C19H20Cl2N2O4S/c1-27-17-8-7-15(21)11-18(17)28(25,26)23-9-3-4-13(12-23)19(24)22-16-6-2-5-14(20)10-16/h2,5-8,10-11,13H,3-4,9,12H2,1H3,(H,22,24)/t13-/m0/s1. The van der Waals surface area contributed by atoms with Crippen molar-refractivity contribution in [3.8, 4) is 5.75 Å². The summed E-state index contributed by atoms with van der Waals surface area (Å²) in [5.41, 5.74) is 0.578. The molecule has 6 nitrogen and oxygen atoms in total. The van der Waals surface area contributed by atoms with Crippen LogP contribution in [0, 0.1) is 5.92 Å². The molecule has 0 unspecified atom stereocenters. The molecule has 2 aromatic carbocycles. The van der Waals surface area contributed by atoms with Gasteiger partial charge in [0, 0.05) is 28.8 Å². The van der Waals surface area contributed by atoms with E-state index in [2.05, 4.69) is 5.32 Å². The third-order valence-corrected chi connectivity index (χ3v) is 6.95. The van der Waals surface area contributed by atoms with E-state index in [4.69, 9.17) is 27.9 Å². The summed E-state index contributed by atoms with van der Waals surface area (Å²) in [7, 11) is -2.45. The third-order valence-electron chi connectivity index (χ3n) is 4.59. The summed E-state index contributed by atoms with van der Waals surface area (Å²) in [4.78, 5) is 12.6. The van der Waals surface area contributed by atoms with Gasteiger partial charge in [-0.2, -0.15) is 4.31 Å². The van der Waals surface area contributed by atoms with Crippen LogP contribution in [0.1, 0.15) is 12.8 Å². The minimum absolute atomic E-state index is 0.00148. The minimum atomic E-state index is -3.85. The predicted octanol–water partition coefficient (Wildman–Crippen LogP) is 4.04. The molecule has 1 heterocycles. The van der Waals surface area contributed by atoms with Crippen molar-refractivity contribution < 1.29 is 17.9 Å². The molecule has 1 atom stereocenters. The zero-order valence-electron chi connectivity index (χ0n) is 15.2. The van der Waals surface area contributed by atoms with Gasteiger partial charge in [0.05, 0.1) is 13.0 Å². The lowest BCUT2D eigenvalue weighted by atomic mass is 9.99. The molecule has 2 aromatic rings. The van der Waals surface area contributed by atoms with E-state index in [1.807, 2.05) is 0 Å². The summed E-state index contributed by atoms with van der Waals surface area (Å²) in [6, 6.07) is 11.3. The highest BCUT2D eigenvalue weighted by atomic mass is 35.5. The Hall–Kier alpha value is -1.80. The van der Waals surface area contributed by atoms with Crippen LogP contribution in [0.3, 0.4) is 0 Å². The van der Waals surface area contributed by atoms with Gasteiger partial charge in [-0.1, -0.05) is 29.3 Å². The Morgan fingerprint density at radius 2 is 1.93 bits per heavy atom. The quantitative estimate of drug-likeness (QED) is 0.757. The third kappa shape index (κ3) is 4.60. The summed E-state index contributed by atoms with van der Waals surface area (Å²) < 4.78 is 32.8. The number of rotatable bonds is 5. The number of amides is 1. The molecule has 0 aromatic heterocycles. The van der Waals surface area contributed by atoms with Crippen LogP contribution in [0.2, 0.25) is 10.0 Å². The molecule has 1 N–H and O–H groups in total. The lowest BCUT2D eigenvalue weighted by Gasteiger charge is -2.31. The largest absolute Gasteiger partial charge is 0.495 e. The lowest BCUT2D eigenvalue weighted by Crippen LogP contribution is -2.43. The lowest BCUT2D eigenvalue weighted by molar-refractivity contribution is -0.120. The maximum atomic E-state index is 13.1. The van der Waals surface area contributed by atoms with Crippen LogP contribution >= 0.6 is 23.2 Å². The Labute approximate surface area is 174 Å². The van der Waals surface area contributed by atoms with Crippen LogP contribution in [0.4, 0.5) is 5.69 Å². The Kier molecular flexibility index (Phi) is 6.50. The SMILES string of the molecule is COc1ccc(Cl)cc1S(=O)(=O)N1CCC[C@H](C(=O)Nc2cccc(Cl)c2)C1. The predicted molar refractivity (Wildman–Crippen MR) is 110 cm³/mol. The number of hydrogen-bond acceptors (Lipinski definition) is 4. The van der Waals surface area contributed by atoms with E-state index in [-0.39, 0.29) is 23.1 Å². The zero-order valence-corrected chi connectivity index (χ0v) is 17.5. The Morgan fingerprint density at radius 3 is 2.64 bits per heavy atom. The van der Waals surface area contributed by atoms with Gasteiger partial charge in [0.1, 0.15) is 10.6 Å². The van der Waals surface area contributed by atoms with Gasteiger partial charge in [-0.05, 0) is 49.2 Å². The molecule has 1 aliphatic heterocycles. The minimum Gasteiger partial charge on any atom is -0.495 e. The second-order valence-electron chi connectivity index (χ2n) is 6.50. The molecule has 1 amide bonds. The van der Waals surface area contributed by atoms with Gasteiger partial charge >= 0.3 is 0 Å². The van der Waals surface area contributed by atoms with Gasteiger partial charge in [-0.25, -0.2) is 8.42 Å². The van der Waals surface area contributed by atoms with E-state index in [0.717, 1.165) is 0 Å². The maximum absolute atomic E-state index is 13.1. The molecule has 9 heteroatoms. The van der Waals surface area contributed by atoms with E-state index < -0.39 is 15.9 Å². The van der Waals surface area contributed by atoms with E-state index >= 15 is 0 Å². The van der Waals surface area contributed by atoms with Crippen molar-refractivity contribution in [3.05, 3.63) is 52.5 Å². The van der Waals surface area contributed by atoms with Crippen LogP contribution in [-0.2, 0) is 14.8 Å². The average molecular weight is 443 g/mol. The number of halogens is 2. The molecule has 1 fully saturated rings. The summed E-state index contributed by atoms with van der Waals surface area (Å²) in [6.45, 7) is 0.420. The molecule has 0 saturated carbocycles. The summed E-state index contributed by atoms with van der Waals surface area (Å²) in [6.07, 6.45) is 1.18. The second kappa shape index (κ2) is 8.69. The van der Waals surface area contributed by atoms with Crippen molar-refractivity contribution in [2.24, 2.45) is 5.92 Å². The topological polar surface area (TPSA) is 75.7 Å². The van der Waals surface area contributed by atoms with Gasteiger partial charge in [-0.3, -0.25) is 4.79 Å². The number of piperidine rings is 1. The Bertz CT molecular complexity index is 982. The van der Waals surface area contributed by atoms with Gasteiger partial charge in [0.2, 0.25) is 15.9 Å². The number of nitrogens with zero attached hydrogens (tertiary/aromatic N) is 1. The molecule has 150 valence electrons. The number of sulfonamides is 1. The molecule has 28 heavy (non-hydrogen) atoms. The zero-order chi connectivity index (χ0) is 20.3. The number of nitrogens with one attached hydrogen (secondary N) is 1. The fourth-order valence-corrected chi connectivity index (χ4v) is 5.31. The number of methoxy groups -OCH3 is 1. The van der Waals surface area contributed by atoms with Gasteiger partial charge in [0.15, 0.2) is 0 Å². The van der Waals surface area contributed by atoms with Gasteiger partial charge in [-0.15, -0.1) is 0 Å². The van der Waals surface area contributed by atoms with Crippen LogP contribution in [0.25, 0.3) is 0 Å². The normalized spacial score (nSPS) is 17.9. The number of carbonyl (C=O) groups is 1. The van der Waals surface area contributed by atoms with Crippen LogP contribution in [0.5, 0.6) is 5.75 Å². The number of carbonyl (C=O) groups excluding carboxylic acids is 1. The highest BCUT2D eigenvalue weighted by Crippen LogP contribution is 2.32. The highest BCUT2D eigenvalue weighted by Gasteiger charge is 2.35. The second-order valence-corrected chi connectivity index (χ2v) is 9.28. The monoisotopic (exact) mass is 442 g/mol. The molecule has 0 radical (unpaired) electrons. The summed E-state index contributed by atoms with van der Waals surface area (Å²) in [5.74, 6) is -0.484. The first-order valence-corrected chi connectivity index (χ1v) is 10.9. The molecule has 1 saturated heterocycles. The molecular formula is C19H20Cl2N2O4S. The summed E-state index contributed by atoms with van der Waals surface area (Å²) >= 11 is 11.9. The van der Waals surface area contributed by atoms with Crippen molar-refractivity contribution in [1.82, 2.24) is 4.31 Å². The van der Waals surface area contributed by atoms with Crippen LogP contribution in [-0.4, -0.2) is 38.8 Å². The van der Waals surface area contributed by atoms with Gasteiger partial charge in [0.25, 0.3) is 0 Å². The van der Waals surface area contributed by atoms with Crippen molar-refractivity contribution >= 4 is 44.8 Å². The van der Waals surface area contributed by atoms with Crippen LogP contribution in [0.15, 0.2) is 47.4 Å². The smallest absolute Gasteiger partial charge is 0.246 e.